The van der Waals surface area contributed by atoms with Crippen molar-refractivity contribution in [1.82, 2.24) is 15.2 Å². The van der Waals surface area contributed by atoms with E-state index in [9.17, 15) is 4.79 Å². The molecular weight excluding hydrogens is 328 g/mol. The molecule has 2 N–H and O–H groups in total. The van der Waals surface area contributed by atoms with E-state index in [4.69, 9.17) is 4.74 Å². The van der Waals surface area contributed by atoms with Crippen molar-refractivity contribution in [3.05, 3.63) is 53.7 Å². The van der Waals surface area contributed by atoms with Gasteiger partial charge in [0.05, 0.1) is 7.11 Å². The smallest absolute Gasteiger partial charge is 0.319 e. The molecule has 3 rings (SSSR count). The third kappa shape index (κ3) is 4.52. The second kappa shape index (κ2) is 8.67. The standard InChI is InChI=1S/C20H26N4O2/c1-15-6-3-4-7-17(15)16-9-12-24(14-16)13-11-22-20(25)23-18-8-5-10-21-19(18)26-2/h3-8,10,16H,9,11-14H2,1-2H3,(H2,22,23,25). The molecule has 0 saturated carbocycles. The zero-order valence-electron chi connectivity index (χ0n) is 15.4. The summed E-state index contributed by atoms with van der Waals surface area (Å²) in [5, 5.41) is 5.67. The molecule has 2 aromatic rings. The topological polar surface area (TPSA) is 66.5 Å². The Hall–Kier alpha value is -2.60. The van der Waals surface area contributed by atoms with Crippen LogP contribution >= 0.6 is 0 Å². The highest BCUT2D eigenvalue weighted by Crippen LogP contribution is 2.28. The number of nitrogens with one attached hydrogen (secondary N) is 2. The summed E-state index contributed by atoms with van der Waals surface area (Å²) in [4.78, 5) is 18.5. The second-order valence-corrected chi connectivity index (χ2v) is 6.58. The molecular formula is C20H26N4O2. The van der Waals surface area contributed by atoms with Gasteiger partial charge in [0.15, 0.2) is 0 Å². The van der Waals surface area contributed by atoms with Gasteiger partial charge in [-0.15, -0.1) is 0 Å². The number of likely N-dealkylation sites (tertiary alicyclic amines) is 1. The molecule has 6 nitrogen and oxygen atoms in total. The Bertz CT molecular complexity index is 750. The zero-order chi connectivity index (χ0) is 18.4. The Morgan fingerprint density at radius 2 is 2.15 bits per heavy atom. The van der Waals surface area contributed by atoms with Gasteiger partial charge in [0.2, 0.25) is 5.88 Å². The van der Waals surface area contributed by atoms with Crippen molar-refractivity contribution in [2.24, 2.45) is 0 Å². The first-order chi connectivity index (χ1) is 12.7. The average Bonchev–Trinajstić information content (AvgIpc) is 3.11. The van der Waals surface area contributed by atoms with Gasteiger partial charge in [-0.25, -0.2) is 9.78 Å². The van der Waals surface area contributed by atoms with Crippen LogP contribution in [0.3, 0.4) is 0 Å². The van der Waals surface area contributed by atoms with Crippen molar-refractivity contribution in [2.45, 2.75) is 19.3 Å². The predicted octanol–water partition coefficient (Wildman–Crippen LogP) is 3.01. The molecule has 0 aliphatic carbocycles. The molecule has 0 spiro atoms. The molecule has 1 atom stereocenters. The maximum Gasteiger partial charge on any atom is 0.319 e. The van der Waals surface area contributed by atoms with Crippen LogP contribution in [-0.4, -0.2) is 49.2 Å². The minimum atomic E-state index is -0.244. The summed E-state index contributed by atoms with van der Waals surface area (Å²) in [6.45, 7) is 5.74. The number of methoxy groups -OCH3 is 1. The fourth-order valence-corrected chi connectivity index (χ4v) is 3.48. The van der Waals surface area contributed by atoms with Crippen LogP contribution in [0.15, 0.2) is 42.6 Å². The number of rotatable bonds is 6. The molecule has 1 aromatic heterocycles. The van der Waals surface area contributed by atoms with Gasteiger partial charge in [0.25, 0.3) is 0 Å². The molecule has 2 heterocycles. The number of benzene rings is 1. The van der Waals surface area contributed by atoms with Crippen LogP contribution in [0.5, 0.6) is 5.88 Å². The quantitative estimate of drug-likeness (QED) is 0.837. The Labute approximate surface area is 154 Å². The van der Waals surface area contributed by atoms with E-state index in [1.54, 1.807) is 18.3 Å². The molecule has 1 aliphatic heterocycles. The van der Waals surface area contributed by atoms with Crippen LogP contribution in [0.2, 0.25) is 0 Å². The van der Waals surface area contributed by atoms with Gasteiger partial charge in [-0.05, 0) is 49.1 Å². The summed E-state index contributed by atoms with van der Waals surface area (Å²) in [6, 6.07) is 11.9. The van der Waals surface area contributed by atoms with E-state index < -0.39 is 0 Å². The molecule has 1 fully saturated rings. The van der Waals surface area contributed by atoms with E-state index in [-0.39, 0.29) is 6.03 Å². The van der Waals surface area contributed by atoms with Crippen molar-refractivity contribution in [3.63, 3.8) is 0 Å². The molecule has 1 unspecified atom stereocenters. The van der Waals surface area contributed by atoms with Gasteiger partial charge in [-0.3, -0.25) is 0 Å². The van der Waals surface area contributed by atoms with Crippen molar-refractivity contribution >= 4 is 11.7 Å². The summed E-state index contributed by atoms with van der Waals surface area (Å²) in [7, 11) is 1.53. The fraction of sp³-hybridized carbons (Fsp3) is 0.400. The van der Waals surface area contributed by atoms with Crippen LogP contribution in [0.1, 0.15) is 23.5 Å². The molecule has 6 heteroatoms. The monoisotopic (exact) mass is 354 g/mol. The van der Waals surface area contributed by atoms with Crippen molar-refractivity contribution in [2.75, 3.05) is 38.6 Å². The number of amides is 2. The van der Waals surface area contributed by atoms with Crippen LogP contribution in [0.4, 0.5) is 10.5 Å². The molecule has 138 valence electrons. The minimum Gasteiger partial charge on any atom is -0.480 e. The molecule has 1 saturated heterocycles. The number of ether oxygens (including phenoxy) is 1. The van der Waals surface area contributed by atoms with E-state index >= 15 is 0 Å². The van der Waals surface area contributed by atoms with E-state index in [0.717, 1.165) is 19.6 Å². The second-order valence-electron chi connectivity index (χ2n) is 6.58. The number of aryl methyl sites for hydroxylation is 1. The Morgan fingerprint density at radius 1 is 1.31 bits per heavy atom. The SMILES string of the molecule is COc1ncccc1NC(=O)NCCN1CCC(c2ccccc2C)C1. The van der Waals surface area contributed by atoms with Crippen LogP contribution in [0, 0.1) is 6.92 Å². The molecule has 0 radical (unpaired) electrons. The third-order valence-corrected chi connectivity index (χ3v) is 4.83. The molecule has 1 aromatic carbocycles. The largest absolute Gasteiger partial charge is 0.480 e. The first-order valence-electron chi connectivity index (χ1n) is 8.99. The number of hydrogen-bond acceptors (Lipinski definition) is 4. The highest BCUT2D eigenvalue weighted by atomic mass is 16.5. The Morgan fingerprint density at radius 3 is 2.96 bits per heavy atom. The predicted molar refractivity (Wildman–Crippen MR) is 103 cm³/mol. The minimum absolute atomic E-state index is 0.244. The number of urea groups is 1. The van der Waals surface area contributed by atoms with E-state index in [2.05, 4.69) is 51.7 Å². The summed E-state index contributed by atoms with van der Waals surface area (Å²) in [6.07, 6.45) is 2.80. The van der Waals surface area contributed by atoms with Gasteiger partial charge in [0.1, 0.15) is 5.69 Å². The van der Waals surface area contributed by atoms with Crippen LogP contribution in [0.25, 0.3) is 0 Å². The van der Waals surface area contributed by atoms with Crippen molar-refractivity contribution < 1.29 is 9.53 Å². The Kier molecular flexibility index (Phi) is 6.07. The number of nitrogens with zero attached hydrogens (tertiary/aromatic N) is 2. The first kappa shape index (κ1) is 18.2. The normalized spacial score (nSPS) is 17.1. The van der Waals surface area contributed by atoms with Crippen LogP contribution in [-0.2, 0) is 0 Å². The number of pyridine rings is 1. The van der Waals surface area contributed by atoms with Gasteiger partial charge in [-0.1, -0.05) is 24.3 Å². The lowest BCUT2D eigenvalue weighted by atomic mass is 9.94. The molecule has 0 bridgehead atoms. The molecule has 1 aliphatic rings. The lowest BCUT2D eigenvalue weighted by molar-refractivity contribution is 0.249. The maximum absolute atomic E-state index is 12.1. The third-order valence-electron chi connectivity index (χ3n) is 4.83. The number of aromatic nitrogens is 1. The highest BCUT2D eigenvalue weighted by molar-refractivity contribution is 5.90. The summed E-state index contributed by atoms with van der Waals surface area (Å²) >= 11 is 0. The van der Waals surface area contributed by atoms with Gasteiger partial charge < -0.3 is 20.3 Å². The average molecular weight is 354 g/mol. The number of anilines is 1. The fourth-order valence-electron chi connectivity index (χ4n) is 3.48. The summed E-state index contributed by atoms with van der Waals surface area (Å²) in [5.74, 6) is 0.993. The maximum atomic E-state index is 12.1. The van der Waals surface area contributed by atoms with Crippen LogP contribution < -0.4 is 15.4 Å². The van der Waals surface area contributed by atoms with E-state index in [1.165, 1.54) is 24.7 Å². The van der Waals surface area contributed by atoms with E-state index in [0.29, 0.717) is 24.0 Å². The molecule has 2 amide bonds. The van der Waals surface area contributed by atoms with Gasteiger partial charge in [-0.2, -0.15) is 0 Å². The number of hydrogen-bond donors (Lipinski definition) is 2. The van der Waals surface area contributed by atoms with Gasteiger partial charge >= 0.3 is 6.03 Å². The highest BCUT2D eigenvalue weighted by Gasteiger charge is 2.24. The zero-order valence-corrected chi connectivity index (χ0v) is 15.4. The lowest BCUT2D eigenvalue weighted by Gasteiger charge is -2.17. The lowest BCUT2D eigenvalue weighted by Crippen LogP contribution is -2.36. The van der Waals surface area contributed by atoms with Crippen molar-refractivity contribution in [3.8, 4) is 5.88 Å². The van der Waals surface area contributed by atoms with Gasteiger partial charge in [0, 0.05) is 25.8 Å². The summed E-state index contributed by atoms with van der Waals surface area (Å²) in [5.41, 5.74) is 3.37. The van der Waals surface area contributed by atoms with E-state index in [1.807, 2.05) is 0 Å². The van der Waals surface area contributed by atoms with Crippen molar-refractivity contribution in [1.29, 1.82) is 0 Å². The number of carbonyl (C=O) groups excluding carboxylic acids is 1. The molecule has 26 heavy (non-hydrogen) atoms. The Balaban J connectivity index is 1.43. The number of carbonyl (C=O) groups is 1. The summed E-state index contributed by atoms with van der Waals surface area (Å²) < 4.78 is 5.13. The first-order valence-corrected chi connectivity index (χ1v) is 8.99.